The predicted molar refractivity (Wildman–Crippen MR) is 109 cm³/mol. The van der Waals surface area contributed by atoms with E-state index in [0.717, 1.165) is 19.3 Å². The number of nitrogens with one attached hydrogen (secondary N) is 1. The topological polar surface area (TPSA) is 67.9 Å². The van der Waals surface area contributed by atoms with Crippen molar-refractivity contribution in [2.24, 2.45) is 10.8 Å². The Kier molecular flexibility index (Phi) is 5.60. The number of likely N-dealkylation sites (tertiary alicyclic amines) is 1. The number of fused-ring (bicyclic) bond motifs is 2. The molecule has 1 saturated carbocycles. The van der Waals surface area contributed by atoms with Gasteiger partial charge in [0.2, 0.25) is 0 Å². The third-order valence-electron chi connectivity index (χ3n) is 5.67. The van der Waals surface area contributed by atoms with Crippen LogP contribution in [0.2, 0.25) is 0 Å². The van der Waals surface area contributed by atoms with Crippen LogP contribution in [0.5, 0.6) is 11.5 Å². The lowest BCUT2D eigenvalue weighted by atomic mass is 9.65. The highest BCUT2D eigenvalue weighted by atomic mass is 16.5. The maximum absolute atomic E-state index is 12.9. The van der Waals surface area contributed by atoms with E-state index in [-0.39, 0.29) is 16.9 Å². The fourth-order valence-electron chi connectivity index (χ4n) is 5.14. The normalized spacial score (nSPS) is 25.3. The molecule has 2 aliphatic rings. The Hall–Kier alpha value is -2.24. The molecule has 2 unspecified atom stereocenters. The highest BCUT2D eigenvalue weighted by Gasteiger charge is 2.51. The summed E-state index contributed by atoms with van der Waals surface area (Å²) in [7, 11) is 0. The van der Waals surface area contributed by atoms with Crippen LogP contribution in [0.25, 0.3) is 0 Å². The standard InChI is InChI=1S/C22H32N2O4/c1-6-27-17-9-8-15(10-18(17)28-7-2)23-19(25)20(26)24-14-22(5)12-16(24)11-21(3,4)13-22/h8-10,16H,6-7,11-14H2,1-5H3,(H,23,25). The number of benzene rings is 1. The molecule has 6 heteroatoms. The summed E-state index contributed by atoms with van der Waals surface area (Å²) in [6.45, 7) is 12.2. The molecule has 0 spiro atoms. The maximum atomic E-state index is 12.9. The van der Waals surface area contributed by atoms with Crippen molar-refractivity contribution < 1.29 is 19.1 Å². The molecule has 28 heavy (non-hydrogen) atoms. The van der Waals surface area contributed by atoms with E-state index in [4.69, 9.17) is 9.47 Å². The molecule has 0 radical (unpaired) electrons. The monoisotopic (exact) mass is 388 g/mol. The molecule has 2 atom stereocenters. The van der Waals surface area contributed by atoms with Crippen LogP contribution in [0.1, 0.15) is 53.9 Å². The van der Waals surface area contributed by atoms with Gasteiger partial charge in [-0.05, 0) is 56.1 Å². The number of anilines is 1. The van der Waals surface area contributed by atoms with Crippen LogP contribution >= 0.6 is 0 Å². The van der Waals surface area contributed by atoms with Crippen molar-refractivity contribution in [3.05, 3.63) is 18.2 Å². The van der Waals surface area contributed by atoms with Gasteiger partial charge in [0, 0.05) is 24.3 Å². The van der Waals surface area contributed by atoms with Crippen LogP contribution in [-0.4, -0.2) is 42.5 Å². The second kappa shape index (κ2) is 7.64. The molecule has 1 aliphatic carbocycles. The minimum Gasteiger partial charge on any atom is -0.490 e. The fourth-order valence-corrected chi connectivity index (χ4v) is 5.14. The molecule has 2 fully saturated rings. The average molecular weight is 389 g/mol. The summed E-state index contributed by atoms with van der Waals surface area (Å²) in [6, 6.07) is 5.32. The van der Waals surface area contributed by atoms with E-state index in [0.29, 0.717) is 36.9 Å². The van der Waals surface area contributed by atoms with Gasteiger partial charge in [-0.2, -0.15) is 0 Å². The van der Waals surface area contributed by atoms with Crippen LogP contribution in [0.3, 0.4) is 0 Å². The summed E-state index contributed by atoms with van der Waals surface area (Å²) >= 11 is 0. The molecule has 1 aromatic carbocycles. The Labute approximate surface area is 167 Å². The number of rotatable bonds is 5. The maximum Gasteiger partial charge on any atom is 0.313 e. The molecule has 2 bridgehead atoms. The largest absolute Gasteiger partial charge is 0.490 e. The zero-order valence-electron chi connectivity index (χ0n) is 17.6. The number of carbonyl (C=O) groups is 2. The Morgan fingerprint density at radius 3 is 2.46 bits per heavy atom. The third-order valence-corrected chi connectivity index (χ3v) is 5.67. The van der Waals surface area contributed by atoms with Crippen LogP contribution < -0.4 is 14.8 Å². The second-order valence-corrected chi connectivity index (χ2v) is 9.13. The predicted octanol–water partition coefficient (Wildman–Crippen LogP) is 3.85. The Balaban J connectivity index is 1.71. The SMILES string of the molecule is CCOc1ccc(NC(=O)C(=O)N2CC3(C)CC2CC(C)(C)C3)cc1OCC. The summed E-state index contributed by atoms with van der Waals surface area (Å²) in [5.74, 6) is 0.136. The van der Waals surface area contributed by atoms with Crippen molar-refractivity contribution in [1.29, 1.82) is 0 Å². The Morgan fingerprint density at radius 2 is 1.79 bits per heavy atom. The number of nitrogens with zero attached hydrogens (tertiary/aromatic N) is 1. The minimum atomic E-state index is -0.597. The Bertz CT molecular complexity index is 761. The van der Waals surface area contributed by atoms with E-state index in [9.17, 15) is 9.59 Å². The van der Waals surface area contributed by atoms with Crippen LogP contribution in [0, 0.1) is 10.8 Å². The summed E-state index contributed by atoms with van der Waals surface area (Å²) in [5.41, 5.74) is 0.827. The van der Waals surface area contributed by atoms with Gasteiger partial charge in [-0.25, -0.2) is 0 Å². The lowest BCUT2D eigenvalue weighted by molar-refractivity contribution is -0.144. The van der Waals surface area contributed by atoms with E-state index in [1.165, 1.54) is 0 Å². The first-order valence-electron chi connectivity index (χ1n) is 10.2. The quantitative estimate of drug-likeness (QED) is 0.778. The van der Waals surface area contributed by atoms with Crippen LogP contribution in [0.15, 0.2) is 18.2 Å². The minimum absolute atomic E-state index is 0.101. The van der Waals surface area contributed by atoms with Gasteiger partial charge in [0.05, 0.1) is 13.2 Å². The molecule has 1 saturated heterocycles. The van der Waals surface area contributed by atoms with Crippen LogP contribution in [-0.2, 0) is 9.59 Å². The third kappa shape index (κ3) is 4.26. The van der Waals surface area contributed by atoms with E-state index < -0.39 is 11.8 Å². The van der Waals surface area contributed by atoms with Crippen LogP contribution in [0.4, 0.5) is 5.69 Å². The number of hydrogen-bond acceptors (Lipinski definition) is 4. The first kappa shape index (κ1) is 20.5. The first-order chi connectivity index (χ1) is 13.2. The fraction of sp³-hybridized carbons (Fsp3) is 0.636. The number of amides is 2. The van der Waals surface area contributed by atoms with Crippen molar-refractivity contribution in [1.82, 2.24) is 4.90 Å². The molecule has 1 aliphatic heterocycles. The Morgan fingerprint density at radius 1 is 1.11 bits per heavy atom. The number of carbonyl (C=O) groups excluding carboxylic acids is 2. The van der Waals surface area contributed by atoms with Gasteiger partial charge in [0.25, 0.3) is 0 Å². The summed E-state index contributed by atoms with van der Waals surface area (Å²) in [6.07, 6.45) is 3.00. The van der Waals surface area contributed by atoms with Crippen molar-refractivity contribution in [2.45, 2.75) is 59.9 Å². The molecule has 1 aromatic rings. The lowest BCUT2D eigenvalue weighted by Gasteiger charge is -2.39. The van der Waals surface area contributed by atoms with E-state index in [2.05, 4.69) is 26.1 Å². The second-order valence-electron chi connectivity index (χ2n) is 9.13. The average Bonchev–Trinajstić information content (AvgIpc) is 2.85. The van der Waals surface area contributed by atoms with Crippen molar-refractivity contribution in [3.63, 3.8) is 0 Å². The lowest BCUT2D eigenvalue weighted by Crippen LogP contribution is -2.43. The molecule has 0 aromatic heterocycles. The molecule has 1 N–H and O–H groups in total. The molecule has 154 valence electrons. The van der Waals surface area contributed by atoms with Gasteiger partial charge in [0.15, 0.2) is 11.5 Å². The van der Waals surface area contributed by atoms with Crippen molar-refractivity contribution in [2.75, 3.05) is 25.1 Å². The van der Waals surface area contributed by atoms with Crippen molar-refractivity contribution >= 4 is 17.5 Å². The van der Waals surface area contributed by atoms with Crippen molar-refractivity contribution in [3.8, 4) is 11.5 Å². The van der Waals surface area contributed by atoms with Gasteiger partial charge in [0.1, 0.15) is 0 Å². The highest BCUT2D eigenvalue weighted by Crippen LogP contribution is 2.52. The molecule has 6 nitrogen and oxygen atoms in total. The van der Waals surface area contributed by atoms with Gasteiger partial charge in [-0.3, -0.25) is 9.59 Å². The molecular weight excluding hydrogens is 356 g/mol. The first-order valence-corrected chi connectivity index (χ1v) is 10.2. The zero-order valence-corrected chi connectivity index (χ0v) is 17.6. The molecular formula is C22H32N2O4. The van der Waals surface area contributed by atoms with Gasteiger partial charge < -0.3 is 19.7 Å². The van der Waals surface area contributed by atoms with Gasteiger partial charge in [-0.1, -0.05) is 20.8 Å². The summed E-state index contributed by atoms with van der Waals surface area (Å²) < 4.78 is 11.1. The summed E-state index contributed by atoms with van der Waals surface area (Å²) in [5, 5.41) is 2.73. The molecule has 2 amide bonds. The summed E-state index contributed by atoms with van der Waals surface area (Å²) in [4.78, 5) is 27.3. The smallest absolute Gasteiger partial charge is 0.313 e. The van der Waals surface area contributed by atoms with E-state index in [1.807, 2.05) is 13.8 Å². The zero-order chi connectivity index (χ0) is 20.5. The number of hydrogen-bond donors (Lipinski definition) is 1. The molecule has 1 heterocycles. The highest BCUT2D eigenvalue weighted by molar-refractivity contribution is 6.39. The number of ether oxygens (including phenoxy) is 2. The van der Waals surface area contributed by atoms with E-state index in [1.54, 1.807) is 23.1 Å². The van der Waals surface area contributed by atoms with E-state index >= 15 is 0 Å². The van der Waals surface area contributed by atoms with Gasteiger partial charge >= 0.3 is 11.8 Å². The molecule has 3 rings (SSSR count). The van der Waals surface area contributed by atoms with Gasteiger partial charge in [-0.15, -0.1) is 0 Å².